The summed E-state index contributed by atoms with van der Waals surface area (Å²) < 4.78 is 0. The third kappa shape index (κ3) is 7.83. The number of hydrogen-bond donors (Lipinski definition) is 0. The van der Waals surface area contributed by atoms with Crippen molar-refractivity contribution in [2.75, 3.05) is 9.80 Å². The molecule has 254 valence electrons. The van der Waals surface area contributed by atoms with Gasteiger partial charge in [-0.25, -0.2) is 0 Å². The zero-order chi connectivity index (χ0) is 35.9. The van der Waals surface area contributed by atoms with E-state index >= 15 is 0 Å². The second-order valence-corrected chi connectivity index (χ2v) is 13.4. The molecule has 2 nitrogen and oxygen atoms in total. The molecule has 0 aliphatic rings. The van der Waals surface area contributed by atoms with Crippen molar-refractivity contribution in [3.63, 3.8) is 0 Å². The van der Waals surface area contributed by atoms with Crippen LogP contribution in [0.1, 0.15) is 44.5 Å². The largest absolute Gasteiger partial charge is 0.310 e. The second-order valence-electron chi connectivity index (χ2n) is 13.4. The van der Waals surface area contributed by atoms with Gasteiger partial charge in [-0.15, -0.1) is 0 Å². The first kappa shape index (κ1) is 34.1. The van der Waals surface area contributed by atoms with Crippen LogP contribution in [0.15, 0.2) is 170 Å². The third-order valence-electron chi connectivity index (χ3n) is 9.74. The minimum absolute atomic E-state index is 1.13. The Kier molecular flexibility index (Phi) is 10.3. The van der Waals surface area contributed by atoms with E-state index in [4.69, 9.17) is 0 Å². The summed E-state index contributed by atoms with van der Waals surface area (Å²) in [6.07, 6.45) is 8.80. The fraction of sp³-hybridized carbons (Fsp3) is 0.0800. The van der Waals surface area contributed by atoms with Gasteiger partial charge in [-0.05, 0) is 145 Å². The minimum Gasteiger partial charge on any atom is -0.310 e. The Balaban J connectivity index is 1.10. The van der Waals surface area contributed by atoms with Crippen molar-refractivity contribution >= 4 is 58.4 Å². The number of nitrogens with zero attached hydrogens (tertiary/aromatic N) is 2. The van der Waals surface area contributed by atoms with E-state index in [0.29, 0.717) is 0 Å². The van der Waals surface area contributed by atoms with Gasteiger partial charge in [0.1, 0.15) is 0 Å². The first-order chi connectivity index (χ1) is 25.4. The molecular formula is C50H44N2. The Morgan fingerprint density at radius 2 is 0.615 bits per heavy atom. The predicted molar refractivity (Wildman–Crippen MR) is 225 cm³/mol. The van der Waals surface area contributed by atoms with Gasteiger partial charge in [0.15, 0.2) is 0 Å². The molecule has 0 heterocycles. The molecule has 7 rings (SSSR count). The summed E-state index contributed by atoms with van der Waals surface area (Å²) in [6, 6.07) is 60.6. The zero-order valence-corrected chi connectivity index (χ0v) is 30.4. The number of anilines is 6. The van der Waals surface area contributed by atoms with Crippen molar-refractivity contribution in [2.24, 2.45) is 0 Å². The molecule has 52 heavy (non-hydrogen) atoms. The maximum Gasteiger partial charge on any atom is 0.0464 e. The van der Waals surface area contributed by atoms with Crippen molar-refractivity contribution < 1.29 is 0 Å². The van der Waals surface area contributed by atoms with Crippen LogP contribution < -0.4 is 9.80 Å². The lowest BCUT2D eigenvalue weighted by Gasteiger charge is -2.26. The molecule has 2 heteroatoms. The van der Waals surface area contributed by atoms with E-state index in [-0.39, 0.29) is 0 Å². The molecule has 0 fully saturated rings. The molecule has 0 saturated heterocycles. The molecule has 7 aromatic carbocycles. The van der Waals surface area contributed by atoms with Crippen LogP contribution in [-0.2, 0) is 0 Å². The normalized spacial score (nSPS) is 11.3. The molecule has 0 radical (unpaired) electrons. The Morgan fingerprint density at radius 3 is 0.981 bits per heavy atom. The SMILES string of the molecule is Cc1ccc(N(c2ccccc2)c2ccc(/C=C/c3ccccc3/C=C/c3ccc(N(c4ccccc4)c4ccc(C)c(C)c4)cc3)cc2)cc1C. The van der Waals surface area contributed by atoms with Gasteiger partial charge < -0.3 is 9.80 Å². The van der Waals surface area contributed by atoms with Crippen molar-refractivity contribution in [3.05, 3.63) is 214 Å². The highest BCUT2D eigenvalue weighted by molar-refractivity contribution is 5.82. The van der Waals surface area contributed by atoms with Crippen LogP contribution in [0.5, 0.6) is 0 Å². The van der Waals surface area contributed by atoms with Crippen molar-refractivity contribution in [1.29, 1.82) is 0 Å². The van der Waals surface area contributed by atoms with Crippen LogP contribution in [0, 0.1) is 27.7 Å². The van der Waals surface area contributed by atoms with Crippen LogP contribution in [0.3, 0.4) is 0 Å². The summed E-state index contributed by atoms with van der Waals surface area (Å²) in [5, 5.41) is 0. The van der Waals surface area contributed by atoms with Crippen LogP contribution in [0.25, 0.3) is 24.3 Å². The Morgan fingerprint density at radius 1 is 0.288 bits per heavy atom. The van der Waals surface area contributed by atoms with Crippen LogP contribution in [0.2, 0.25) is 0 Å². The van der Waals surface area contributed by atoms with Gasteiger partial charge in [0.2, 0.25) is 0 Å². The first-order valence-electron chi connectivity index (χ1n) is 17.9. The van der Waals surface area contributed by atoms with Gasteiger partial charge in [-0.2, -0.15) is 0 Å². The van der Waals surface area contributed by atoms with E-state index < -0.39 is 0 Å². The number of hydrogen-bond acceptors (Lipinski definition) is 2. The number of rotatable bonds is 10. The summed E-state index contributed by atoms with van der Waals surface area (Å²) in [7, 11) is 0. The molecular weight excluding hydrogens is 629 g/mol. The van der Waals surface area contributed by atoms with Gasteiger partial charge >= 0.3 is 0 Å². The molecule has 0 aliphatic heterocycles. The monoisotopic (exact) mass is 672 g/mol. The van der Waals surface area contributed by atoms with E-state index in [1.165, 1.54) is 33.4 Å². The van der Waals surface area contributed by atoms with E-state index in [9.17, 15) is 0 Å². The van der Waals surface area contributed by atoms with Gasteiger partial charge in [0, 0.05) is 34.1 Å². The highest BCUT2D eigenvalue weighted by Crippen LogP contribution is 2.37. The molecule has 0 bridgehead atoms. The van der Waals surface area contributed by atoms with Gasteiger partial charge in [0.05, 0.1) is 0 Å². The number of benzene rings is 7. The van der Waals surface area contributed by atoms with E-state index in [1.807, 2.05) is 0 Å². The molecule has 0 saturated carbocycles. The molecule has 0 atom stereocenters. The van der Waals surface area contributed by atoms with Gasteiger partial charge in [0.25, 0.3) is 0 Å². The standard InChI is InChI=1S/C50H44N2/c1-37-19-29-49(35-39(37)3)51(45-15-7-5-8-16-45)47-31-23-41(24-32-47)21-27-43-13-11-12-14-44(43)28-22-42-25-33-48(34-26-42)52(46-17-9-6-10-18-46)50-30-20-38(2)40(4)36-50/h5-36H,1-4H3/b27-21+,28-22+. The topological polar surface area (TPSA) is 6.48 Å². The quantitative estimate of drug-likeness (QED) is 0.133. The highest BCUT2D eigenvalue weighted by atomic mass is 15.1. The van der Waals surface area contributed by atoms with Crippen LogP contribution in [0.4, 0.5) is 34.1 Å². The smallest absolute Gasteiger partial charge is 0.0464 e. The Labute approximate surface area is 309 Å². The van der Waals surface area contributed by atoms with Crippen molar-refractivity contribution in [3.8, 4) is 0 Å². The fourth-order valence-electron chi connectivity index (χ4n) is 6.43. The molecule has 0 N–H and O–H groups in total. The van der Waals surface area contributed by atoms with E-state index in [0.717, 1.165) is 45.3 Å². The van der Waals surface area contributed by atoms with E-state index in [2.05, 4.69) is 232 Å². The third-order valence-corrected chi connectivity index (χ3v) is 9.74. The second kappa shape index (κ2) is 15.7. The highest BCUT2D eigenvalue weighted by Gasteiger charge is 2.14. The van der Waals surface area contributed by atoms with Crippen molar-refractivity contribution in [2.45, 2.75) is 27.7 Å². The van der Waals surface area contributed by atoms with Gasteiger partial charge in [-0.1, -0.05) is 121 Å². The lowest BCUT2D eigenvalue weighted by Crippen LogP contribution is -2.10. The minimum atomic E-state index is 1.13. The lowest BCUT2D eigenvalue weighted by molar-refractivity contribution is 1.25. The van der Waals surface area contributed by atoms with E-state index in [1.54, 1.807) is 0 Å². The summed E-state index contributed by atoms with van der Waals surface area (Å²) >= 11 is 0. The molecule has 0 amide bonds. The maximum atomic E-state index is 2.31. The summed E-state index contributed by atoms with van der Waals surface area (Å²) in [5.74, 6) is 0. The first-order valence-corrected chi connectivity index (χ1v) is 17.9. The molecule has 0 aromatic heterocycles. The Bertz CT molecular complexity index is 2150. The number of aryl methyl sites for hydroxylation is 4. The van der Waals surface area contributed by atoms with Gasteiger partial charge in [-0.3, -0.25) is 0 Å². The molecule has 0 spiro atoms. The Hall–Kier alpha value is -6.38. The van der Waals surface area contributed by atoms with Crippen LogP contribution in [-0.4, -0.2) is 0 Å². The van der Waals surface area contributed by atoms with Crippen molar-refractivity contribution in [1.82, 2.24) is 0 Å². The summed E-state index contributed by atoms with van der Waals surface area (Å²) in [4.78, 5) is 4.63. The zero-order valence-electron chi connectivity index (χ0n) is 30.4. The summed E-state index contributed by atoms with van der Waals surface area (Å²) in [5.41, 5.74) is 16.6. The number of para-hydroxylation sites is 2. The lowest BCUT2D eigenvalue weighted by atomic mass is 10.0. The molecule has 0 aliphatic carbocycles. The summed E-state index contributed by atoms with van der Waals surface area (Å²) in [6.45, 7) is 8.66. The molecule has 7 aromatic rings. The van der Waals surface area contributed by atoms with Crippen LogP contribution >= 0.6 is 0 Å². The average molecular weight is 673 g/mol. The average Bonchev–Trinajstić information content (AvgIpc) is 3.18. The molecule has 0 unspecified atom stereocenters. The fourth-order valence-corrected chi connectivity index (χ4v) is 6.43. The maximum absolute atomic E-state index is 2.31. The predicted octanol–water partition coefficient (Wildman–Crippen LogP) is 14.2.